The first-order valence-corrected chi connectivity index (χ1v) is 15.5. The van der Waals surface area contributed by atoms with Crippen LogP contribution in [0, 0.1) is 11.8 Å². The van der Waals surface area contributed by atoms with E-state index in [2.05, 4.69) is 4.98 Å². The van der Waals surface area contributed by atoms with Crippen LogP contribution in [0.4, 0.5) is 15.3 Å². The number of anilines is 2. The minimum absolute atomic E-state index is 0.0241. The fraction of sp³-hybridized carbons (Fsp3) is 0.484. The van der Waals surface area contributed by atoms with Gasteiger partial charge in [-0.2, -0.15) is 0 Å². The third kappa shape index (κ3) is 6.06. The van der Waals surface area contributed by atoms with Gasteiger partial charge in [-0.3, -0.25) is 14.5 Å². The van der Waals surface area contributed by atoms with Crippen molar-refractivity contribution in [2.75, 3.05) is 36.9 Å². The van der Waals surface area contributed by atoms with Crippen molar-refractivity contribution >= 4 is 34.2 Å². The zero-order chi connectivity index (χ0) is 29.2. The third-order valence-electron chi connectivity index (χ3n) is 8.39. The number of hydrogen-bond donors (Lipinski definition) is 1. The molecule has 9 nitrogen and oxygen atoms in total. The normalized spacial score (nSPS) is 17.4. The summed E-state index contributed by atoms with van der Waals surface area (Å²) in [5, 5.41) is 12.1. The highest BCUT2D eigenvalue weighted by Crippen LogP contribution is 2.42. The summed E-state index contributed by atoms with van der Waals surface area (Å²) >= 11 is 1.36. The van der Waals surface area contributed by atoms with Crippen molar-refractivity contribution in [2.45, 2.75) is 57.4 Å². The monoisotopic (exact) mass is 594 g/mol. The summed E-state index contributed by atoms with van der Waals surface area (Å²) in [6.07, 6.45) is 8.31. The van der Waals surface area contributed by atoms with Crippen molar-refractivity contribution in [2.24, 2.45) is 11.8 Å². The number of rotatable bonds is 11. The molecule has 2 fully saturated rings. The molecule has 0 unspecified atom stereocenters. The molecule has 42 heavy (non-hydrogen) atoms. The summed E-state index contributed by atoms with van der Waals surface area (Å²) in [5.41, 5.74) is 2.97. The lowest BCUT2D eigenvalue weighted by molar-refractivity contribution is -0.141. The van der Waals surface area contributed by atoms with Gasteiger partial charge in [-0.05, 0) is 55.0 Å². The Kier molecular flexibility index (Phi) is 8.28. The summed E-state index contributed by atoms with van der Waals surface area (Å²) in [6, 6.07) is 7.27. The first-order valence-electron chi connectivity index (χ1n) is 14.6. The number of ether oxygens (including phenoxy) is 2. The van der Waals surface area contributed by atoms with Crippen molar-refractivity contribution in [1.29, 1.82) is 0 Å². The molecule has 1 aliphatic heterocycles. The van der Waals surface area contributed by atoms with Crippen LogP contribution >= 0.6 is 11.3 Å². The fourth-order valence-corrected chi connectivity index (χ4v) is 7.01. The number of nitrogens with zero attached hydrogens (tertiary/aromatic N) is 4. The maximum Gasteiger partial charge on any atom is 0.304 e. The molecule has 0 bridgehead atoms. The topological polar surface area (TPSA) is 105 Å². The molecule has 11 heteroatoms. The number of carbonyl (C=O) groups is 2. The number of carboxylic acids is 1. The number of hydrogen-bond acceptors (Lipinski definition) is 8. The predicted molar refractivity (Wildman–Crippen MR) is 159 cm³/mol. The van der Waals surface area contributed by atoms with Crippen molar-refractivity contribution in [3.05, 3.63) is 35.8 Å². The third-order valence-corrected chi connectivity index (χ3v) is 9.23. The minimum Gasteiger partial charge on any atom is -0.488 e. The zero-order valence-corrected chi connectivity index (χ0v) is 24.4. The molecule has 3 heterocycles. The molecule has 1 atom stereocenters. The number of carbonyl (C=O) groups excluding carboxylic acids is 1. The molecule has 2 aliphatic carbocycles. The van der Waals surface area contributed by atoms with Gasteiger partial charge in [0, 0.05) is 41.7 Å². The SMILES string of the molecule is CN1CCOc2cc(-c3ccc(OCF)cc3-c3csc(N(C(=O)[C@@H](CC(=O)O)CC4CCCC4)C4CC4)n3)cnc21. The van der Waals surface area contributed by atoms with Crippen LogP contribution in [0.1, 0.15) is 51.4 Å². The first-order chi connectivity index (χ1) is 20.4. The van der Waals surface area contributed by atoms with Crippen LogP contribution in [-0.4, -0.2) is 60.1 Å². The Hall–Kier alpha value is -3.73. The molecule has 3 aromatic rings. The van der Waals surface area contributed by atoms with Crippen LogP contribution in [0.15, 0.2) is 35.8 Å². The van der Waals surface area contributed by atoms with Gasteiger partial charge in [-0.25, -0.2) is 14.4 Å². The fourth-order valence-electron chi connectivity index (χ4n) is 6.10. The number of alkyl halides is 1. The highest BCUT2D eigenvalue weighted by atomic mass is 32.1. The Balaban J connectivity index is 1.34. The smallest absolute Gasteiger partial charge is 0.304 e. The lowest BCUT2D eigenvalue weighted by atomic mass is 9.90. The Labute approximate surface area is 248 Å². The predicted octanol–water partition coefficient (Wildman–Crippen LogP) is 6.17. The van der Waals surface area contributed by atoms with Gasteiger partial charge in [-0.15, -0.1) is 11.3 Å². The maximum atomic E-state index is 13.9. The molecule has 3 aliphatic rings. The lowest BCUT2D eigenvalue weighted by Crippen LogP contribution is -2.39. The van der Waals surface area contributed by atoms with Gasteiger partial charge in [0.25, 0.3) is 0 Å². The van der Waals surface area contributed by atoms with E-state index in [1.165, 1.54) is 11.3 Å². The molecule has 6 rings (SSSR count). The van der Waals surface area contributed by atoms with Crippen LogP contribution in [0.3, 0.4) is 0 Å². The molecular weight excluding hydrogens is 559 g/mol. The minimum atomic E-state index is -0.961. The summed E-state index contributed by atoms with van der Waals surface area (Å²) in [4.78, 5) is 39.0. The summed E-state index contributed by atoms with van der Waals surface area (Å²) in [5.74, 6) is 0.532. The number of thiazole rings is 1. The Morgan fingerprint density at radius 2 is 2.02 bits per heavy atom. The van der Waals surface area contributed by atoms with Gasteiger partial charge in [0.2, 0.25) is 12.8 Å². The molecule has 1 N–H and O–H groups in total. The van der Waals surface area contributed by atoms with E-state index in [1.807, 2.05) is 29.5 Å². The van der Waals surface area contributed by atoms with Crippen LogP contribution in [0.5, 0.6) is 11.5 Å². The van der Waals surface area contributed by atoms with E-state index in [-0.39, 0.29) is 18.4 Å². The van der Waals surface area contributed by atoms with E-state index in [9.17, 15) is 19.1 Å². The Morgan fingerprint density at radius 1 is 1.21 bits per heavy atom. The largest absolute Gasteiger partial charge is 0.488 e. The van der Waals surface area contributed by atoms with Gasteiger partial charge in [0.05, 0.1) is 18.7 Å². The Morgan fingerprint density at radius 3 is 2.76 bits per heavy atom. The highest BCUT2D eigenvalue weighted by molar-refractivity contribution is 7.14. The second-order valence-corrected chi connectivity index (χ2v) is 12.2. The molecule has 0 saturated heterocycles. The van der Waals surface area contributed by atoms with E-state index in [0.29, 0.717) is 46.8 Å². The molecule has 0 spiro atoms. The molecule has 1 amide bonds. The van der Waals surface area contributed by atoms with Crippen LogP contribution in [0.25, 0.3) is 22.4 Å². The van der Waals surface area contributed by atoms with Gasteiger partial charge >= 0.3 is 5.97 Å². The van der Waals surface area contributed by atoms with E-state index in [0.717, 1.165) is 62.0 Å². The number of pyridine rings is 1. The standard InChI is InChI=1S/C31H35FN4O5S/c1-35-10-11-40-27-13-21(16-33-29(27)35)24-9-8-23(41-18-32)15-25(24)26-17-42-31(34-26)36(22-6-7-22)30(39)20(14-28(37)38)12-19-4-2-3-5-19/h8-9,13,15-17,19-20,22H,2-7,10-12,14,18H2,1H3,(H,37,38)/t20-/m1/s1. The number of amides is 1. The van der Waals surface area contributed by atoms with Crippen LogP contribution in [-0.2, 0) is 9.59 Å². The van der Waals surface area contributed by atoms with E-state index in [1.54, 1.807) is 23.2 Å². The summed E-state index contributed by atoms with van der Waals surface area (Å²) in [7, 11) is 1.97. The van der Waals surface area contributed by atoms with Crippen molar-refractivity contribution < 1.29 is 28.6 Å². The maximum absolute atomic E-state index is 13.9. The first kappa shape index (κ1) is 28.4. The van der Waals surface area contributed by atoms with Gasteiger partial charge in [0.15, 0.2) is 16.7 Å². The van der Waals surface area contributed by atoms with E-state index in [4.69, 9.17) is 14.5 Å². The quantitative estimate of drug-likeness (QED) is 0.281. The average molecular weight is 595 g/mol. The van der Waals surface area contributed by atoms with Crippen molar-refractivity contribution in [1.82, 2.24) is 9.97 Å². The number of carboxylic acid groups (broad SMARTS) is 1. The summed E-state index contributed by atoms with van der Waals surface area (Å²) in [6.45, 7) is 0.359. The number of aromatic nitrogens is 2. The molecular formula is C31H35FN4O5S. The second-order valence-electron chi connectivity index (χ2n) is 11.4. The number of benzene rings is 1. The highest BCUT2D eigenvalue weighted by Gasteiger charge is 2.40. The summed E-state index contributed by atoms with van der Waals surface area (Å²) < 4.78 is 24.2. The van der Waals surface area contributed by atoms with E-state index >= 15 is 0 Å². The molecule has 2 saturated carbocycles. The molecule has 2 aromatic heterocycles. The molecule has 1 aromatic carbocycles. The van der Waals surface area contributed by atoms with Crippen molar-refractivity contribution in [3.8, 4) is 33.9 Å². The number of fused-ring (bicyclic) bond motifs is 1. The number of likely N-dealkylation sites (N-methyl/N-ethyl adjacent to an activating group) is 1. The number of halogens is 1. The van der Waals surface area contributed by atoms with E-state index < -0.39 is 18.7 Å². The van der Waals surface area contributed by atoms with Gasteiger partial charge < -0.3 is 19.5 Å². The second kappa shape index (κ2) is 12.2. The zero-order valence-electron chi connectivity index (χ0n) is 23.6. The number of aliphatic carboxylic acids is 1. The molecule has 222 valence electrons. The molecule has 0 radical (unpaired) electrons. The van der Waals surface area contributed by atoms with Crippen LogP contribution < -0.4 is 19.3 Å². The van der Waals surface area contributed by atoms with Crippen molar-refractivity contribution in [3.63, 3.8) is 0 Å². The van der Waals surface area contributed by atoms with Gasteiger partial charge in [0.1, 0.15) is 12.4 Å². The lowest BCUT2D eigenvalue weighted by Gasteiger charge is -2.26. The van der Waals surface area contributed by atoms with Crippen LogP contribution in [0.2, 0.25) is 0 Å². The average Bonchev–Trinajstić information content (AvgIpc) is 3.45. The Bertz CT molecular complexity index is 1450. The van der Waals surface area contributed by atoms with Gasteiger partial charge in [-0.1, -0.05) is 25.7 Å².